The molecule has 0 saturated carbocycles. The van der Waals surface area contributed by atoms with E-state index in [1.165, 1.54) is 17.5 Å². The summed E-state index contributed by atoms with van der Waals surface area (Å²) in [6.45, 7) is 9.51. The van der Waals surface area contributed by atoms with Crippen molar-refractivity contribution in [2.75, 3.05) is 12.4 Å². The summed E-state index contributed by atoms with van der Waals surface area (Å²) in [7, 11) is 0. The maximum Gasteiger partial charge on any atom is 0.0521 e. The Balaban J connectivity index is 2.66. The van der Waals surface area contributed by atoms with Crippen LogP contribution in [0, 0.1) is 11.8 Å². The highest BCUT2D eigenvalue weighted by molar-refractivity contribution is 7.98. The molecule has 19 heavy (non-hydrogen) atoms. The summed E-state index contributed by atoms with van der Waals surface area (Å²) >= 11 is 1.79. The fourth-order valence-corrected chi connectivity index (χ4v) is 3.12. The van der Waals surface area contributed by atoms with Gasteiger partial charge in [0, 0.05) is 11.5 Å². The van der Waals surface area contributed by atoms with Crippen molar-refractivity contribution >= 4 is 11.8 Å². The van der Waals surface area contributed by atoms with Crippen LogP contribution in [0.2, 0.25) is 0 Å². The molecule has 0 aliphatic heterocycles. The average molecular weight is 280 g/mol. The first kappa shape index (κ1) is 16.6. The zero-order valence-corrected chi connectivity index (χ0v) is 13.5. The van der Waals surface area contributed by atoms with Gasteiger partial charge in [0.15, 0.2) is 0 Å². The Kier molecular flexibility index (Phi) is 7.55. The number of hydrogen-bond donors (Lipinski definition) is 1. The van der Waals surface area contributed by atoms with Crippen LogP contribution in [-0.2, 0) is 5.75 Å². The highest BCUT2D eigenvalue weighted by Gasteiger charge is 2.17. The molecule has 0 spiro atoms. The fourth-order valence-electron chi connectivity index (χ4n) is 2.42. The maximum atomic E-state index is 8.79. The van der Waals surface area contributed by atoms with Crippen molar-refractivity contribution in [3.63, 3.8) is 0 Å². The van der Waals surface area contributed by atoms with Gasteiger partial charge in [0.25, 0.3) is 0 Å². The van der Waals surface area contributed by atoms with Crippen LogP contribution in [0.15, 0.2) is 24.3 Å². The van der Waals surface area contributed by atoms with E-state index in [0.717, 1.165) is 17.4 Å². The van der Waals surface area contributed by atoms with Gasteiger partial charge >= 0.3 is 0 Å². The van der Waals surface area contributed by atoms with Crippen molar-refractivity contribution in [3.05, 3.63) is 35.4 Å². The molecule has 1 N–H and O–H groups in total. The lowest BCUT2D eigenvalue weighted by atomic mass is 9.82. The van der Waals surface area contributed by atoms with Crippen molar-refractivity contribution in [1.29, 1.82) is 0 Å². The zero-order valence-electron chi connectivity index (χ0n) is 12.7. The first-order valence-electron chi connectivity index (χ1n) is 7.32. The van der Waals surface area contributed by atoms with Crippen molar-refractivity contribution in [2.24, 2.45) is 11.8 Å². The maximum absolute atomic E-state index is 8.79. The molecule has 0 radical (unpaired) electrons. The van der Waals surface area contributed by atoms with Crippen LogP contribution < -0.4 is 0 Å². The van der Waals surface area contributed by atoms with E-state index < -0.39 is 0 Å². The third-order valence-electron chi connectivity index (χ3n) is 3.44. The van der Waals surface area contributed by atoms with Gasteiger partial charge in [0.1, 0.15) is 0 Å². The molecular formula is C17H28OS. The predicted octanol–water partition coefficient (Wildman–Crippen LogP) is 4.70. The average Bonchev–Trinajstić information content (AvgIpc) is 2.37. The van der Waals surface area contributed by atoms with Crippen molar-refractivity contribution in [3.8, 4) is 0 Å². The second-order valence-corrected chi connectivity index (χ2v) is 7.10. The molecule has 1 aromatic carbocycles. The summed E-state index contributed by atoms with van der Waals surface area (Å²) in [6, 6.07) is 9.08. The van der Waals surface area contributed by atoms with Crippen molar-refractivity contribution < 1.29 is 5.11 Å². The number of aliphatic hydroxyl groups excluding tert-OH is 1. The highest BCUT2D eigenvalue weighted by Crippen LogP contribution is 2.31. The molecule has 1 unspecified atom stereocenters. The van der Waals surface area contributed by atoms with Gasteiger partial charge in [-0.3, -0.25) is 0 Å². The molecule has 108 valence electrons. The Hall–Kier alpha value is -0.470. The van der Waals surface area contributed by atoms with Gasteiger partial charge < -0.3 is 5.11 Å². The molecule has 2 heteroatoms. The van der Waals surface area contributed by atoms with E-state index in [4.69, 9.17) is 5.11 Å². The Labute approximate surface area is 122 Å². The number of aliphatic hydroxyl groups is 1. The van der Waals surface area contributed by atoms with E-state index in [2.05, 4.69) is 52.0 Å². The van der Waals surface area contributed by atoms with Crippen molar-refractivity contribution in [2.45, 2.75) is 45.8 Å². The molecule has 0 aromatic heterocycles. The fraction of sp³-hybridized carbons (Fsp3) is 0.647. The SMILES string of the molecule is CC(C)CC(c1ccc(CSCCO)cc1)C(C)C. The van der Waals surface area contributed by atoms with Crippen LogP contribution in [0.4, 0.5) is 0 Å². The first-order chi connectivity index (χ1) is 9.04. The summed E-state index contributed by atoms with van der Waals surface area (Å²) in [5, 5.41) is 8.79. The molecule has 0 heterocycles. The Morgan fingerprint density at radius 1 is 1.05 bits per heavy atom. The highest BCUT2D eigenvalue weighted by atomic mass is 32.2. The molecule has 0 amide bonds. The quantitative estimate of drug-likeness (QED) is 0.697. The van der Waals surface area contributed by atoms with E-state index in [1.54, 1.807) is 11.8 Å². The minimum Gasteiger partial charge on any atom is -0.396 e. The first-order valence-corrected chi connectivity index (χ1v) is 8.47. The minimum atomic E-state index is 0.270. The zero-order chi connectivity index (χ0) is 14.3. The lowest BCUT2D eigenvalue weighted by Gasteiger charge is -2.23. The van der Waals surface area contributed by atoms with Crippen LogP contribution in [0.1, 0.15) is 51.2 Å². The lowest BCUT2D eigenvalue weighted by molar-refractivity contribution is 0.322. The Morgan fingerprint density at radius 2 is 1.68 bits per heavy atom. The molecule has 1 nitrogen and oxygen atoms in total. The van der Waals surface area contributed by atoms with E-state index in [9.17, 15) is 0 Å². The van der Waals surface area contributed by atoms with Crippen LogP contribution >= 0.6 is 11.8 Å². The number of hydrogen-bond acceptors (Lipinski definition) is 2. The van der Waals surface area contributed by atoms with E-state index in [0.29, 0.717) is 11.8 Å². The monoisotopic (exact) mass is 280 g/mol. The smallest absolute Gasteiger partial charge is 0.0521 e. The second-order valence-electron chi connectivity index (χ2n) is 6.00. The van der Waals surface area contributed by atoms with Crippen LogP contribution in [0.25, 0.3) is 0 Å². The summed E-state index contributed by atoms with van der Waals surface area (Å²) in [4.78, 5) is 0. The summed E-state index contributed by atoms with van der Waals surface area (Å²) in [6.07, 6.45) is 1.26. The Bertz CT molecular complexity index is 343. The van der Waals surface area contributed by atoms with Gasteiger partial charge in [-0.05, 0) is 35.3 Å². The van der Waals surface area contributed by atoms with Crippen molar-refractivity contribution in [1.82, 2.24) is 0 Å². The number of thioether (sulfide) groups is 1. The standard InChI is InChI=1S/C17H28OS/c1-13(2)11-17(14(3)4)16-7-5-15(6-8-16)12-19-10-9-18/h5-8,13-14,17-18H,9-12H2,1-4H3. The molecule has 0 aliphatic carbocycles. The number of rotatable bonds is 8. The van der Waals surface area contributed by atoms with E-state index in [-0.39, 0.29) is 6.61 Å². The number of benzene rings is 1. The summed E-state index contributed by atoms with van der Waals surface area (Å²) in [5.74, 6) is 3.92. The van der Waals surface area contributed by atoms with E-state index in [1.807, 2.05) is 0 Å². The van der Waals surface area contributed by atoms with Gasteiger partial charge in [0.2, 0.25) is 0 Å². The molecule has 1 aromatic rings. The largest absolute Gasteiger partial charge is 0.396 e. The van der Waals surface area contributed by atoms with Crippen LogP contribution in [0.3, 0.4) is 0 Å². The van der Waals surface area contributed by atoms with Crippen LogP contribution in [0.5, 0.6) is 0 Å². The van der Waals surface area contributed by atoms with Gasteiger partial charge in [-0.2, -0.15) is 11.8 Å². The Morgan fingerprint density at radius 3 is 2.16 bits per heavy atom. The van der Waals surface area contributed by atoms with Crippen LogP contribution in [-0.4, -0.2) is 17.5 Å². The molecule has 1 atom stereocenters. The van der Waals surface area contributed by atoms with Gasteiger partial charge in [0.05, 0.1) is 6.61 Å². The normalized spacial score (nSPS) is 13.2. The van der Waals surface area contributed by atoms with Gasteiger partial charge in [-0.25, -0.2) is 0 Å². The van der Waals surface area contributed by atoms with E-state index >= 15 is 0 Å². The summed E-state index contributed by atoms with van der Waals surface area (Å²) in [5.41, 5.74) is 2.83. The molecular weight excluding hydrogens is 252 g/mol. The molecule has 0 saturated heterocycles. The van der Waals surface area contributed by atoms with Gasteiger partial charge in [-0.15, -0.1) is 0 Å². The van der Waals surface area contributed by atoms with Gasteiger partial charge in [-0.1, -0.05) is 52.0 Å². The molecule has 1 rings (SSSR count). The second kappa shape index (κ2) is 8.65. The topological polar surface area (TPSA) is 20.2 Å². The molecule has 0 bridgehead atoms. The molecule has 0 fully saturated rings. The third-order valence-corrected chi connectivity index (χ3v) is 4.45. The third kappa shape index (κ3) is 6.01. The molecule has 0 aliphatic rings. The minimum absolute atomic E-state index is 0.270. The summed E-state index contributed by atoms with van der Waals surface area (Å²) < 4.78 is 0. The lowest BCUT2D eigenvalue weighted by Crippen LogP contribution is -2.09. The predicted molar refractivity (Wildman–Crippen MR) is 86.7 cm³/mol.